The topological polar surface area (TPSA) is 72.2 Å². The number of para-hydroxylation sites is 1. The number of nitrogens with zero attached hydrogens (tertiary/aromatic N) is 1. The Kier molecular flexibility index (Phi) is 4.83. The molecule has 0 bridgehead atoms. The Balaban J connectivity index is 2.18. The number of hydrogen-bond acceptors (Lipinski definition) is 3. The molecular weight excluding hydrogens is 292 g/mol. The number of carbonyl (C=O) groups excluding carboxylic acids is 1. The van der Waals surface area contributed by atoms with Crippen LogP contribution in [0.25, 0.3) is 0 Å². The van der Waals surface area contributed by atoms with Crippen LogP contribution >= 0.6 is 11.6 Å². The molecule has 2 rings (SSSR count). The van der Waals surface area contributed by atoms with E-state index in [1.165, 1.54) is 12.1 Å². The largest absolute Gasteiger partial charge is 0.349 e. The molecule has 1 aliphatic carbocycles. The van der Waals surface area contributed by atoms with E-state index in [0.717, 1.165) is 19.3 Å². The predicted octanol–water partition coefficient (Wildman–Crippen LogP) is 3.80. The van der Waals surface area contributed by atoms with Crippen molar-refractivity contribution in [2.45, 2.75) is 39.2 Å². The molecular formula is C15H19ClN2O3. The van der Waals surface area contributed by atoms with Gasteiger partial charge in [-0.25, -0.2) is 0 Å². The summed E-state index contributed by atoms with van der Waals surface area (Å²) in [4.78, 5) is 22.8. The van der Waals surface area contributed by atoms with Crippen molar-refractivity contribution in [3.05, 3.63) is 38.9 Å². The lowest BCUT2D eigenvalue weighted by atomic mass is 9.80. The number of amides is 1. The van der Waals surface area contributed by atoms with Crippen LogP contribution in [0.15, 0.2) is 18.2 Å². The van der Waals surface area contributed by atoms with Gasteiger partial charge in [0.05, 0.1) is 4.92 Å². The zero-order chi connectivity index (χ0) is 15.6. The van der Waals surface area contributed by atoms with Gasteiger partial charge in [-0.1, -0.05) is 31.5 Å². The molecule has 5 nitrogen and oxygen atoms in total. The van der Waals surface area contributed by atoms with Crippen LogP contribution in [0.5, 0.6) is 0 Å². The number of carbonyl (C=O) groups is 1. The van der Waals surface area contributed by atoms with Crippen molar-refractivity contribution in [1.29, 1.82) is 0 Å². The highest BCUT2D eigenvalue weighted by atomic mass is 35.5. The van der Waals surface area contributed by atoms with Gasteiger partial charge in [0.1, 0.15) is 10.6 Å². The van der Waals surface area contributed by atoms with Crippen LogP contribution in [-0.4, -0.2) is 16.9 Å². The van der Waals surface area contributed by atoms with Crippen LogP contribution in [-0.2, 0) is 0 Å². The van der Waals surface area contributed by atoms with Gasteiger partial charge in [0, 0.05) is 6.04 Å². The van der Waals surface area contributed by atoms with Crippen molar-refractivity contribution in [2.75, 3.05) is 0 Å². The molecule has 3 atom stereocenters. The Bertz CT molecular complexity index is 562. The highest BCUT2D eigenvalue weighted by Crippen LogP contribution is 2.31. The average Bonchev–Trinajstić information content (AvgIpc) is 2.41. The third-order valence-corrected chi connectivity index (χ3v) is 4.47. The van der Waals surface area contributed by atoms with E-state index in [1.54, 1.807) is 6.07 Å². The Morgan fingerprint density at radius 1 is 1.38 bits per heavy atom. The van der Waals surface area contributed by atoms with Gasteiger partial charge in [0.2, 0.25) is 0 Å². The quantitative estimate of drug-likeness (QED) is 0.681. The second-order valence-corrected chi connectivity index (χ2v) is 6.28. The summed E-state index contributed by atoms with van der Waals surface area (Å²) in [5.74, 6) is 0.611. The number of benzene rings is 1. The lowest BCUT2D eigenvalue weighted by molar-refractivity contribution is -0.385. The van der Waals surface area contributed by atoms with Crippen molar-refractivity contribution >= 4 is 23.2 Å². The molecule has 1 saturated carbocycles. The Morgan fingerprint density at radius 3 is 2.71 bits per heavy atom. The zero-order valence-corrected chi connectivity index (χ0v) is 12.9. The van der Waals surface area contributed by atoms with Gasteiger partial charge in [-0.2, -0.15) is 0 Å². The molecule has 114 valence electrons. The minimum atomic E-state index is -0.608. The third-order valence-electron chi connectivity index (χ3n) is 4.16. The second kappa shape index (κ2) is 6.43. The predicted molar refractivity (Wildman–Crippen MR) is 81.5 cm³/mol. The first-order chi connectivity index (χ1) is 9.90. The summed E-state index contributed by atoms with van der Waals surface area (Å²) in [5, 5.41) is 14.0. The molecule has 0 radical (unpaired) electrons. The normalized spacial score (nSPS) is 25.4. The maximum Gasteiger partial charge on any atom is 0.300 e. The first kappa shape index (κ1) is 15.8. The molecule has 1 aromatic carbocycles. The van der Waals surface area contributed by atoms with Crippen LogP contribution in [0.2, 0.25) is 5.02 Å². The van der Waals surface area contributed by atoms with Gasteiger partial charge in [-0.3, -0.25) is 14.9 Å². The van der Waals surface area contributed by atoms with E-state index < -0.39 is 10.8 Å². The number of nitrogens with one attached hydrogen (secondary N) is 1. The smallest absolute Gasteiger partial charge is 0.300 e. The Morgan fingerprint density at radius 2 is 2.10 bits per heavy atom. The molecule has 21 heavy (non-hydrogen) atoms. The van der Waals surface area contributed by atoms with Crippen molar-refractivity contribution < 1.29 is 9.72 Å². The minimum Gasteiger partial charge on any atom is -0.349 e. The van der Waals surface area contributed by atoms with Crippen molar-refractivity contribution in [3.63, 3.8) is 0 Å². The zero-order valence-electron chi connectivity index (χ0n) is 12.1. The summed E-state index contributed by atoms with van der Waals surface area (Å²) in [6, 6.07) is 4.47. The van der Waals surface area contributed by atoms with Gasteiger partial charge in [0.25, 0.3) is 5.91 Å². The fraction of sp³-hybridized carbons (Fsp3) is 0.533. The third kappa shape index (κ3) is 3.53. The number of hydrogen-bond donors (Lipinski definition) is 1. The lowest BCUT2D eigenvalue weighted by Crippen LogP contribution is -2.42. The highest BCUT2D eigenvalue weighted by Gasteiger charge is 2.29. The molecule has 0 saturated heterocycles. The second-order valence-electron chi connectivity index (χ2n) is 5.87. The number of nitro groups is 1. The van der Waals surface area contributed by atoms with Crippen LogP contribution in [0, 0.1) is 22.0 Å². The van der Waals surface area contributed by atoms with Gasteiger partial charge in [-0.15, -0.1) is 0 Å². The molecule has 1 fully saturated rings. The van der Waals surface area contributed by atoms with Crippen molar-refractivity contribution in [2.24, 2.45) is 11.8 Å². The molecule has 1 amide bonds. The summed E-state index contributed by atoms with van der Waals surface area (Å²) in [5.41, 5.74) is -0.299. The summed E-state index contributed by atoms with van der Waals surface area (Å²) >= 11 is 5.84. The minimum absolute atomic E-state index is 0.0158. The molecule has 3 unspecified atom stereocenters. The fourth-order valence-corrected chi connectivity index (χ4v) is 3.25. The summed E-state index contributed by atoms with van der Waals surface area (Å²) in [7, 11) is 0. The van der Waals surface area contributed by atoms with Gasteiger partial charge in [0.15, 0.2) is 0 Å². The Hall–Kier alpha value is -1.62. The number of halogens is 1. The van der Waals surface area contributed by atoms with E-state index in [9.17, 15) is 14.9 Å². The highest BCUT2D eigenvalue weighted by molar-refractivity contribution is 6.33. The van der Waals surface area contributed by atoms with Gasteiger partial charge in [-0.05, 0) is 43.2 Å². The monoisotopic (exact) mass is 310 g/mol. The molecule has 1 N–H and O–H groups in total. The van der Waals surface area contributed by atoms with E-state index in [0.29, 0.717) is 11.8 Å². The number of rotatable bonds is 3. The molecule has 0 aliphatic heterocycles. The fourth-order valence-electron chi connectivity index (χ4n) is 3.01. The van der Waals surface area contributed by atoms with E-state index in [1.807, 2.05) is 0 Å². The standard InChI is InChI=1S/C15H19ClN2O3/c1-9-6-7-13(10(2)8-9)17-15(19)11-4-3-5-12(16)14(11)18(20)21/h3-5,9-10,13H,6-8H2,1-2H3,(H,17,19). The molecule has 0 spiro atoms. The average molecular weight is 311 g/mol. The van der Waals surface area contributed by atoms with Gasteiger partial charge >= 0.3 is 5.69 Å². The number of nitro benzene ring substituents is 1. The van der Waals surface area contributed by atoms with Gasteiger partial charge < -0.3 is 5.32 Å². The van der Waals surface area contributed by atoms with Crippen molar-refractivity contribution in [1.82, 2.24) is 5.32 Å². The summed E-state index contributed by atoms with van der Waals surface area (Å²) in [6.45, 7) is 4.31. The molecule has 0 aromatic heterocycles. The van der Waals surface area contributed by atoms with Crippen LogP contribution in [0.1, 0.15) is 43.5 Å². The SMILES string of the molecule is CC1CCC(NC(=O)c2cccc(Cl)c2[N+](=O)[O-])C(C)C1. The molecule has 1 aliphatic rings. The lowest BCUT2D eigenvalue weighted by Gasteiger charge is -2.33. The molecule has 6 heteroatoms. The van der Waals surface area contributed by atoms with E-state index in [2.05, 4.69) is 19.2 Å². The van der Waals surface area contributed by atoms with Crippen LogP contribution in [0.4, 0.5) is 5.69 Å². The van der Waals surface area contributed by atoms with E-state index in [-0.39, 0.29) is 22.3 Å². The maximum absolute atomic E-state index is 12.3. The van der Waals surface area contributed by atoms with Crippen LogP contribution in [0.3, 0.4) is 0 Å². The molecule has 0 heterocycles. The van der Waals surface area contributed by atoms with E-state index >= 15 is 0 Å². The maximum atomic E-state index is 12.3. The summed E-state index contributed by atoms with van der Waals surface area (Å²) in [6.07, 6.45) is 3.03. The van der Waals surface area contributed by atoms with Crippen LogP contribution < -0.4 is 5.32 Å². The Labute approximate surface area is 128 Å². The van der Waals surface area contributed by atoms with Crippen molar-refractivity contribution in [3.8, 4) is 0 Å². The summed E-state index contributed by atoms with van der Waals surface area (Å²) < 4.78 is 0. The molecule has 1 aromatic rings. The first-order valence-corrected chi connectivity index (χ1v) is 7.51. The van der Waals surface area contributed by atoms with E-state index in [4.69, 9.17) is 11.6 Å². The first-order valence-electron chi connectivity index (χ1n) is 7.14.